The van der Waals surface area contributed by atoms with Crippen molar-refractivity contribution in [2.45, 2.75) is 70.8 Å². The zero-order chi connectivity index (χ0) is 12.8. The van der Waals surface area contributed by atoms with Crippen molar-refractivity contribution in [2.75, 3.05) is 13.1 Å². The Hall–Kier alpha value is -0.570. The van der Waals surface area contributed by atoms with Crippen LogP contribution in [0.1, 0.15) is 64.7 Å². The summed E-state index contributed by atoms with van der Waals surface area (Å²) in [6, 6.07) is 0.0549. The lowest BCUT2D eigenvalue weighted by Gasteiger charge is -2.41. The van der Waals surface area contributed by atoms with Crippen LogP contribution in [0, 0.1) is 5.41 Å². The first-order valence-electron chi connectivity index (χ1n) is 7.77. The standard InChI is InChI=1S/C15H28N2O/c1-2-15(9-7-10-15)12-17-14(18)13-8-5-3-4-6-11-16-13/h13,16H,2-12H2,1H3,(H,17,18). The van der Waals surface area contributed by atoms with Gasteiger partial charge in [-0.15, -0.1) is 0 Å². The summed E-state index contributed by atoms with van der Waals surface area (Å²) in [6.07, 6.45) is 11.1. The van der Waals surface area contributed by atoms with E-state index in [-0.39, 0.29) is 11.9 Å². The molecule has 2 rings (SSSR count). The molecular weight excluding hydrogens is 224 g/mol. The lowest BCUT2D eigenvalue weighted by Crippen LogP contribution is -2.49. The second-order valence-corrected chi connectivity index (χ2v) is 6.13. The molecule has 18 heavy (non-hydrogen) atoms. The van der Waals surface area contributed by atoms with Gasteiger partial charge >= 0.3 is 0 Å². The maximum absolute atomic E-state index is 12.2. The van der Waals surface area contributed by atoms with Gasteiger partial charge in [0.1, 0.15) is 0 Å². The monoisotopic (exact) mass is 252 g/mol. The molecule has 1 atom stereocenters. The Bertz CT molecular complexity index is 260. The van der Waals surface area contributed by atoms with E-state index in [0.717, 1.165) is 19.5 Å². The molecule has 0 bridgehead atoms. The predicted molar refractivity (Wildman–Crippen MR) is 74.5 cm³/mol. The number of carbonyl (C=O) groups excluding carboxylic acids is 1. The Balaban J connectivity index is 1.75. The summed E-state index contributed by atoms with van der Waals surface area (Å²) in [5, 5.41) is 6.59. The number of rotatable bonds is 4. The molecule has 1 amide bonds. The quantitative estimate of drug-likeness (QED) is 0.807. The maximum Gasteiger partial charge on any atom is 0.237 e. The van der Waals surface area contributed by atoms with Crippen molar-refractivity contribution in [3.63, 3.8) is 0 Å². The summed E-state index contributed by atoms with van der Waals surface area (Å²) in [5.74, 6) is 0.233. The molecule has 1 saturated heterocycles. The fourth-order valence-electron chi connectivity index (χ4n) is 3.16. The Kier molecular flexibility index (Phi) is 5.04. The largest absolute Gasteiger partial charge is 0.354 e. The second kappa shape index (κ2) is 6.55. The number of hydrogen-bond donors (Lipinski definition) is 2. The van der Waals surface area contributed by atoms with Crippen molar-refractivity contribution >= 4 is 5.91 Å². The molecule has 1 heterocycles. The van der Waals surface area contributed by atoms with E-state index < -0.39 is 0 Å². The summed E-state index contributed by atoms with van der Waals surface area (Å²) < 4.78 is 0. The minimum absolute atomic E-state index is 0.0549. The zero-order valence-electron chi connectivity index (χ0n) is 11.8. The average Bonchev–Trinajstić information content (AvgIpc) is 2.27. The van der Waals surface area contributed by atoms with E-state index in [1.165, 1.54) is 51.4 Å². The van der Waals surface area contributed by atoms with E-state index in [2.05, 4.69) is 17.6 Å². The third-order valence-electron chi connectivity index (χ3n) is 4.93. The Morgan fingerprint density at radius 2 is 2.00 bits per heavy atom. The molecule has 0 radical (unpaired) electrons. The number of amides is 1. The molecule has 1 aliphatic carbocycles. The molecule has 0 aromatic rings. The summed E-state index contributed by atoms with van der Waals surface area (Å²) in [5.41, 5.74) is 0.428. The highest BCUT2D eigenvalue weighted by molar-refractivity contribution is 5.81. The lowest BCUT2D eigenvalue weighted by atomic mass is 9.67. The van der Waals surface area contributed by atoms with Crippen LogP contribution in [-0.2, 0) is 4.79 Å². The van der Waals surface area contributed by atoms with Crippen LogP contribution in [0.3, 0.4) is 0 Å². The van der Waals surface area contributed by atoms with Gasteiger partial charge in [0.25, 0.3) is 0 Å². The van der Waals surface area contributed by atoms with Gasteiger partial charge in [-0.25, -0.2) is 0 Å². The van der Waals surface area contributed by atoms with Crippen LogP contribution in [0.2, 0.25) is 0 Å². The van der Waals surface area contributed by atoms with Crippen LogP contribution in [0.4, 0.5) is 0 Å². The Morgan fingerprint density at radius 1 is 1.22 bits per heavy atom. The summed E-state index contributed by atoms with van der Waals surface area (Å²) in [6.45, 7) is 4.14. The van der Waals surface area contributed by atoms with Crippen LogP contribution < -0.4 is 10.6 Å². The molecule has 104 valence electrons. The van der Waals surface area contributed by atoms with Gasteiger partial charge in [-0.1, -0.05) is 32.6 Å². The van der Waals surface area contributed by atoms with Crippen LogP contribution in [0.25, 0.3) is 0 Å². The zero-order valence-corrected chi connectivity index (χ0v) is 11.8. The van der Waals surface area contributed by atoms with Crippen LogP contribution in [0.5, 0.6) is 0 Å². The van der Waals surface area contributed by atoms with Crippen molar-refractivity contribution in [1.82, 2.24) is 10.6 Å². The van der Waals surface area contributed by atoms with E-state index in [1.54, 1.807) is 0 Å². The van der Waals surface area contributed by atoms with E-state index in [0.29, 0.717) is 5.41 Å². The van der Waals surface area contributed by atoms with Crippen LogP contribution >= 0.6 is 0 Å². The molecule has 0 spiro atoms. The molecule has 3 heteroatoms. The fourth-order valence-corrected chi connectivity index (χ4v) is 3.16. The predicted octanol–water partition coefficient (Wildman–Crippen LogP) is 2.61. The molecule has 2 fully saturated rings. The highest BCUT2D eigenvalue weighted by Crippen LogP contribution is 2.43. The van der Waals surface area contributed by atoms with Gasteiger partial charge in [0.05, 0.1) is 6.04 Å². The summed E-state index contributed by atoms with van der Waals surface area (Å²) in [7, 11) is 0. The fraction of sp³-hybridized carbons (Fsp3) is 0.933. The molecule has 3 nitrogen and oxygen atoms in total. The van der Waals surface area contributed by atoms with Crippen molar-refractivity contribution < 1.29 is 4.79 Å². The van der Waals surface area contributed by atoms with E-state index >= 15 is 0 Å². The van der Waals surface area contributed by atoms with Gasteiger partial charge in [0.2, 0.25) is 5.91 Å². The Labute approximate surface area is 111 Å². The van der Waals surface area contributed by atoms with Crippen molar-refractivity contribution in [2.24, 2.45) is 5.41 Å². The van der Waals surface area contributed by atoms with E-state index in [4.69, 9.17) is 0 Å². The molecular formula is C15H28N2O. The molecule has 2 aliphatic rings. The third kappa shape index (κ3) is 3.47. The van der Waals surface area contributed by atoms with Gasteiger partial charge in [-0.3, -0.25) is 4.79 Å². The molecule has 1 unspecified atom stereocenters. The number of carbonyl (C=O) groups is 1. The SMILES string of the molecule is CCC1(CNC(=O)C2CCCCCCN2)CCC1. The van der Waals surface area contributed by atoms with Gasteiger partial charge in [-0.2, -0.15) is 0 Å². The van der Waals surface area contributed by atoms with E-state index in [9.17, 15) is 4.79 Å². The smallest absolute Gasteiger partial charge is 0.237 e. The van der Waals surface area contributed by atoms with Gasteiger partial charge in [0.15, 0.2) is 0 Å². The normalized spacial score (nSPS) is 27.7. The topological polar surface area (TPSA) is 41.1 Å². The molecule has 1 saturated carbocycles. The van der Waals surface area contributed by atoms with Gasteiger partial charge in [0, 0.05) is 6.54 Å². The first kappa shape index (κ1) is 13.9. The van der Waals surface area contributed by atoms with Crippen molar-refractivity contribution in [1.29, 1.82) is 0 Å². The van der Waals surface area contributed by atoms with Crippen molar-refractivity contribution in [3.8, 4) is 0 Å². The highest BCUT2D eigenvalue weighted by Gasteiger charge is 2.35. The lowest BCUT2D eigenvalue weighted by molar-refractivity contribution is -0.124. The first-order valence-corrected chi connectivity index (χ1v) is 7.77. The van der Waals surface area contributed by atoms with Crippen LogP contribution in [-0.4, -0.2) is 25.0 Å². The van der Waals surface area contributed by atoms with Crippen LogP contribution in [0.15, 0.2) is 0 Å². The Morgan fingerprint density at radius 3 is 2.67 bits per heavy atom. The minimum Gasteiger partial charge on any atom is -0.354 e. The molecule has 0 aromatic carbocycles. The molecule has 0 aromatic heterocycles. The minimum atomic E-state index is 0.0549. The summed E-state index contributed by atoms with van der Waals surface area (Å²) >= 11 is 0. The van der Waals surface area contributed by atoms with E-state index in [1.807, 2.05) is 0 Å². The van der Waals surface area contributed by atoms with Gasteiger partial charge < -0.3 is 10.6 Å². The number of nitrogens with one attached hydrogen (secondary N) is 2. The molecule has 1 aliphatic heterocycles. The van der Waals surface area contributed by atoms with Crippen molar-refractivity contribution in [3.05, 3.63) is 0 Å². The van der Waals surface area contributed by atoms with Gasteiger partial charge in [-0.05, 0) is 44.1 Å². The highest BCUT2D eigenvalue weighted by atomic mass is 16.2. The third-order valence-corrected chi connectivity index (χ3v) is 4.93. The average molecular weight is 252 g/mol. The second-order valence-electron chi connectivity index (χ2n) is 6.13. The summed E-state index contributed by atoms with van der Waals surface area (Å²) in [4.78, 5) is 12.2. The number of hydrogen-bond acceptors (Lipinski definition) is 2. The molecule has 2 N–H and O–H groups in total. The maximum atomic E-state index is 12.2. The first-order chi connectivity index (χ1) is 8.76.